The molecule has 2 aromatic heterocycles. The van der Waals surface area contributed by atoms with Crippen LogP contribution in [0.5, 0.6) is 5.75 Å². The van der Waals surface area contributed by atoms with Crippen LogP contribution in [0.25, 0.3) is 21.9 Å². The zero-order chi connectivity index (χ0) is 19.0. The first-order valence-electron chi connectivity index (χ1n) is 8.63. The number of rotatable bonds is 5. The molecule has 6 heteroatoms. The molecule has 1 aliphatic rings. The minimum Gasteiger partial charge on any atom is -0.482 e. The lowest BCUT2D eigenvalue weighted by Gasteiger charge is -2.10. The third-order valence-corrected chi connectivity index (χ3v) is 4.48. The van der Waals surface area contributed by atoms with Gasteiger partial charge in [-0.05, 0) is 44.2 Å². The van der Waals surface area contributed by atoms with Crippen LogP contribution in [0.15, 0.2) is 67.5 Å². The van der Waals surface area contributed by atoms with Gasteiger partial charge in [-0.15, -0.1) is 0 Å². The molecular formula is C21H18O6. The Morgan fingerprint density at radius 3 is 2.78 bits per heavy atom. The number of furan rings is 1. The quantitative estimate of drug-likeness (QED) is 0.384. The summed E-state index contributed by atoms with van der Waals surface area (Å²) in [6, 6.07) is 6.79. The number of hydrogen-bond acceptors (Lipinski definition) is 6. The summed E-state index contributed by atoms with van der Waals surface area (Å²) in [4.78, 5) is 23.1. The van der Waals surface area contributed by atoms with E-state index in [4.69, 9.17) is 18.3 Å². The van der Waals surface area contributed by atoms with Gasteiger partial charge in [-0.25, -0.2) is 9.59 Å². The standard InChI is InChI=1S/C21H18O6/c1-12(9-16-10-13(2)21(23)26-16)5-7-25-20-18-15(6-8-24-18)11-14-3-4-17(22)27-19(14)20/h3-6,8,10-11,16H,7,9H2,1-2H3/b12-5-/t16-/m0/s1. The first kappa shape index (κ1) is 17.1. The Balaban J connectivity index is 1.56. The summed E-state index contributed by atoms with van der Waals surface area (Å²) >= 11 is 0. The van der Waals surface area contributed by atoms with Crippen LogP contribution in [0.3, 0.4) is 0 Å². The molecule has 0 amide bonds. The molecular weight excluding hydrogens is 348 g/mol. The Bertz CT molecular complexity index is 1140. The third-order valence-electron chi connectivity index (χ3n) is 4.48. The molecule has 138 valence electrons. The van der Waals surface area contributed by atoms with E-state index in [-0.39, 0.29) is 18.7 Å². The number of cyclic esters (lactones) is 1. The average Bonchev–Trinajstić information content (AvgIpc) is 3.21. The predicted molar refractivity (Wildman–Crippen MR) is 99.8 cm³/mol. The van der Waals surface area contributed by atoms with Crippen molar-refractivity contribution in [3.05, 3.63) is 64.2 Å². The number of benzene rings is 1. The van der Waals surface area contributed by atoms with Crippen molar-refractivity contribution in [3.8, 4) is 5.75 Å². The Hall–Kier alpha value is -3.28. The lowest BCUT2D eigenvalue weighted by Crippen LogP contribution is -2.08. The molecule has 6 nitrogen and oxygen atoms in total. The number of carbonyl (C=O) groups is 1. The Labute approximate surface area is 154 Å². The first-order chi connectivity index (χ1) is 13.0. The highest BCUT2D eigenvalue weighted by Crippen LogP contribution is 2.35. The van der Waals surface area contributed by atoms with Crippen molar-refractivity contribution in [3.63, 3.8) is 0 Å². The SMILES string of the molecule is CC1=C[C@H](C/C(C)=C\COc2c3occc3cc3ccc(=O)oc23)OC1=O. The van der Waals surface area contributed by atoms with Crippen molar-refractivity contribution in [2.45, 2.75) is 26.4 Å². The zero-order valence-corrected chi connectivity index (χ0v) is 15.0. The largest absolute Gasteiger partial charge is 0.482 e. The molecule has 0 aliphatic carbocycles. The van der Waals surface area contributed by atoms with Crippen molar-refractivity contribution in [1.82, 2.24) is 0 Å². The molecule has 4 rings (SSSR count). The van der Waals surface area contributed by atoms with Crippen molar-refractivity contribution in [2.24, 2.45) is 0 Å². The molecule has 0 unspecified atom stereocenters. The molecule has 0 spiro atoms. The van der Waals surface area contributed by atoms with Gasteiger partial charge in [-0.3, -0.25) is 0 Å². The molecule has 3 aromatic rings. The number of carbonyl (C=O) groups excluding carboxylic acids is 1. The maximum absolute atomic E-state index is 11.6. The molecule has 0 radical (unpaired) electrons. The molecule has 1 aliphatic heterocycles. The monoisotopic (exact) mass is 366 g/mol. The molecule has 0 saturated heterocycles. The lowest BCUT2D eigenvalue weighted by molar-refractivity contribution is -0.139. The molecule has 27 heavy (non-hydrogen) atoms. The van der Waals surface area contributed by atoms with Crippen molar-refractivity contribution in [1.29, 1.82) is 0 Å². The second-order valence-electron chi connectivity index (χ2n) is 6.58. The normalized spacial score (nSPS) is 17.4. The van der Waals surface area contributed by atoms with Crippen LogP contribution in [-0.2, 0) is 9.53 Å². The predicted octanol–water partition coefficient (Wildman–Crippen LogP) is 4.13. The Kier molecular flexibility index (Phi) is 4.32. The minimum absolute atomic E-state index is 0.235. The molecule has 1 atom stereocenters. The van der Waals surface area contributed by atoms with Gasteiger partial charge in [0.25, 0.3) is 0 Å². The van der Waals surface area contributed by atoms with Crippen LogP contribution in [0.1, 0.15) is 20.3 Å². The summed E-state index contributed by atoms with van der Waals surface area (Å²) in [5.74, 6) is 0.132. The first-order valence-corrected chi connectivity index (χ1v) is 8.63. The molecule has 3 heterocycles. The van der Waals surface area contributed by atoms with Crippen LogP contribution >= 0.6 is 0 Å². The summed E-state index contributed by atoms with van der Waals surface area (Å²) < 4.78 is 22.0. The topological polar surface area (TPSA) is 78.9 Å². The van der Waals surface area contributed by atoms with E-state index in [1.54, 1.807) is 19.3 Å². The van der Waals surface area contributed by atoms with Gasteiger partial charge in [0.15, 0.2) is 11.2 Å². The second-order valence-corrected chi connectivity index (χ2v) is 6.58. The molecule has 0 saturated carbocycles. The summed E-state index contributed by atoms with van der Waals surface area (Å²) in [6.07, 6.45) is 5.67. The molecule has 1 aromatic carbocycles. The van der Waals surface area contributed by atoms with Gasteiger partial charge >= 0.3 is 11.6 Å². The highest BCUT2D eigenvalue weighted by Gasteiger charge is 2.22. The van der Waals surface area contributed by atoms with Gasteiger partial charge in [0.2, 0.25) is 5.75 Å². The van der Waals surface area contributed by atoms with Crippen molar-refractivity contribution >= 4 is 27.9 Å². The van der Waals surface area contributed by atoms with E-state index in [0.717, 1.165) is 16.3 Å². The van der Waals surface area contributed by atoms with E-state index in [2.05, 4.69) is 0 Å². The van der Waals surface area contributed by atoms with Gasteiger partial charge < -0.3 is 18.3 Å². The number of hydrogen-bond donors (Lipinski definition) is 0. The van der Waals surface area contributed by atoms with E-state index in [0.29, 0.717) is 28.9 Å². The lowest BCUT2D eigenvalue weighted by atomic mass is 10.1. The smallest absolute Gasteiger partial charge is 0.336 e. The van der Waals surface area contributed by atoms with Crippen LogP contribution < -0.4 is 10.4 Å². The van der Waals surface area contributed by atoms with Crippen LogP contribution in [0.2, 0.25) is 0 Å². The fourth-order valence-electron chi connectivity index (χ4n) is 3.12. The zero-order valence-electron chi connectivity index (χ0n) is 15.0. The van der Waals surface area contributed by atoms with Crippen LogP contribution in [-0.4, -0.2) is 18.7 Å². The highest BCUT2D eigenvalue weighted by molar-refractivity contribution is 5.99. The summed E-state index contributed by atoms with van der Waals surface area (Å²) in [6.45, 7) is 3.96. The number of fused-ring (bicyclic) bond motifs is 2. The maximum atomic E-state index is 11.6. The summed E-state index contributed by atoms with van der Waals surface area (Å²) in [5.41, 5.74) is 2.10. The van der Waals surface area contributed by atoms with Crippen LogP contribution in [0, 0.1) is 0 Å². The van der Waals surface area contributed by atoms with E-state index < -0.39 is 5.63 Å². The summed E-state index contributed by atoms with van der Waals surface area (Å²) in [7, 11) is 0. The second kappa shape index (κ2) is 6.79. The van der Waals surface area contributed by atoms with Gasteiger partial charge in [-0.2, -0.15) is 0 Å². The van der Waals surface area contributed by atoms with E-state index in [9.17, 15) is 9.59 Å². The van der Waals surface area contributed by atoms with Gasteiger partial charge in [0.05, 0.1) is 6.26 Å². The molecule has 0 N–H and O–H groups in total. The number of esters is 1. The molecule has 0 bridgehead atoms. The number of ether oxygens (including phenoxy) is 2. The maximum Gasteiger partial charge on any atom is 0.336 e. The fourth-order valence-corrected chi connectivity index (χ4v) is 3.12. The van der Waals surface area contributed by atoms with Crippen molar-refractivity contribution in [2.75, 3.05) is 6.61 Å². The Morgan fingerprint density at radius 1 is 1.19 bits per heavy atom. The average molecular weight is 366 g/mol. The van der Waals surface area contributed by atoms with Crippen LogP contribution in [0.4, 0.5) is 0 Å². The third kappa shape index (κ3) is 3.38. The van der Waals surface area contributed by atoms with Gasteiger partial charge in [0, 0.05) is 28.8 Å². The van der Waals surface area contributed by atoms with E-state index in [1.807, 2.05) is 31.2 Å². The van der Waals surface area contributed by atoms with Crippen molar-refractivity contribution < 1.29 is 23.1 Å². The van der Waals surface area contributed by atoms with Gasteiger partial charge in [-0.1, -0.05) is 5.57 Å². The van der Waals surface area contributed by atoms with E-state index >= 15 is 0 Å². The van der Waals surface area contributed by atoms with Gasteiger partial charge in [0.1, 0.15) is 12.7 Å². The highest BCUT2D eigenvalue weighted by atomic mass is 16.5. The minimum atomic E-state index is -0.449. The summed E-state index contributed by atoms with van der Waals surface area (Å²) in [5, 5.41) is 1.63. The fraction of sp³-hybridized carbons (Fsp3) is 0.238. The Morgan fingerprint density at radius 2 is 2.00 bits per heavy atom. The molecule has 0 fully saturated rings. The van der Waals surface area contributed by atoms with E-state index in [1.165, 1.54) is 6.07 Å².